The second kappa shape index (κ2) is 7.75. The van der Waals surface area contributed by atoms with Crippen LogP contribution in [0.3, 0.4) is 0 Å². The van der Waals surface area contributed by atoms with Gasteiger partial charge in [-0.05, 0) is 54.6 Å². The number of ether oxygens (including phenoxy) is 1. The van der Waals surface area contributed by atoms with Crippen molar-refractivity contribution in [2.45, 2.75) is 17.2 Å². The van der Waals surface area contributed by atoms with Gasteiger partial charge < -0.3 is 10.1 Å². The second-order valence-corrected chi connectivity index (χ2v) is 7.55. The number of methoxy groups -OCH3 is 1. The number of alkyl halides is 2. The number of aromatic nitrogens is 2. The van der Waals surface area contributed by atoms with Gasteiger partial charge in [-0.1, -0.05) is 0 Å². The van der Waals surface area contributed by atoms with E-state index in [9.17, 15) is 17.2 Å². The van der Waals surface area contributed by atoms with Crippen LogP contribution in [0, 0.1) is 0 Å². The van der Waals surface area contributed by atoms with Crippen LogP contribution in [0.2, 0.25) is 0 Å². The van der Waals surface area contributed by atoms with E-state index in [4.69, 9.17) is 4.74 Å². The van der Waals surface area contributed by atoms with Gasteiger partial charge in [-0.3, -0.25) is 0 Å². The molecule has 9 heteroatoms. The third-order valence-electron chi connectivity index (χ3n) is 3.87. The molecule has 0 aliphatic rings. The van der Waals surface area contributed by atoms with Crippen LogP contribution >= 0.6 is 0 Å². The predicted octanol–water partition coefficient (Wildman–Crippen LogP) is 3.49. The molecule has 0 atom stereocenters. The van der Waals surface area contributed by atoms with E-state index >= 15 is 0 Å². The van der Waals surface area contributed by atoms with Gasteiger partial charge in [0.05, 0.1) is 29.9 Å². The number of hydrogen-bond acceptors (Lipinski definition) is 5. The summed E-state index contributed by atoms with van der Waals surface area (Å²) in [5.41, 5.74) is 2.24. The number of nitrogens with one attached hydrogen (secondary N) is 1. The van der Waals surface area contributed by atoms with Crippen molar-refractivity contribution < 1.29 is 21.9 Å². The average molecular weight is 393 g/mol. The summed E-state index contributed by atoms with van der Waals surface area (Å²) < 4.78 is 54.7. The van der Waals surface area contributed by atoms with Crippen molar-refractivity contribution >= 4 is 15.5 Å². The molecule has 3 aromatic rings. The maximum atomic E-state index is 12.5. The van der Waals surface area contributed by atoms with Crippen molar-refractivity contribution in [3.05, 3.63) is 66.5 Å². The predicted molar refractivity (Wildman–Crippen MR) is 97.1 cm³/mol. The van der Waals surface area contributed by atoms with Crippen molar-refractivity contribution in [2.24, 2.45) is 0 Å². The Balaban J connectivity index is 1.64. The Bertz CT molecular complexity index is 1000. The van der Waals surface area contributed by atoms with Crippen LogP contribution in [0.4, 0.5) is 14.5 Å². The van der Waals surface area contributed by atoms with Crippen molar-refractivity contribution in [2.75, 3.05) is 12.4 Å². The Kier molecular flexibility index (Phi) is 5.41. The van der Waals surface area contributed by atoms with Crippen molar-refractivity contribution in [1.29, 1.82) is 0 Å². The van der Waals surface area contributed by atoms with Crippen LogP contribution in [0.15, 0.2) is 65.7 Å². The van der Waals surface area contributed by atoms with Gasteiger partial charge >= 0.3 is 5.76 Å². The Labute approximate surface area is 155 Å². The summed E-state index contributed by atoms with van der Waals surface area (Å²) in [7, 11) is -2.98. The van der Waals surface area contributed by atoms with Gasteiger partial charge in [0.15, 0.2) is 0 Å². The molecule has 0 radical (unpaired) electrons. The number of sulfone groups is 1. The molecule has 142 valence electrons. The zero-order valence-corrected chi connectivity index (χ0v) is 15.2. The Morgan fingerprint density at radius 2 is 1.74 bits per heavy atom. The minimum Gasteiger partial charge on any atom is -0.497 e. The smallest absolute Gasteiger partial charge is 0.341 e. The lowest BCUT2D eigenvalue weighted by molar-refractivity contribution is 0.234. The highest BCUT2D eigenvalue weighted by atomic mass is 32.2. The fourth-order valence-electron chi connectivity index (χ4n) is 2.39. The molecule has 1 N–H and O–H groups in total. The average Bonchev–Trinajstić information content (AvgIpc) is 3.15. The van der Waals surface area contributed by atoms with E-state index in [1.807, 2.05) is 36.5 Å². The van der Waals surface area contributed by atoms with Gasteiger partial charge in [-0.25, -0.2) is 13.1 Å². The maximum Gasteiger partial charge on any atom is 0.341 e. The third kappa shape index (κ3) is 4.25. The van der Waals surface area contributed by atoms with Gasteiger partial charge in [0, 0.05) is 11.9 Å². The molecule has 6 nitrogen and oxygen atoms in total. The highest BCUT2D eigenvalue weighted by molar-refractivity contribution is 7.91. The second-order valence-electron chi connectivity index (χ2n) is 5.63. The van der Waals surface area contributed by atoms with Gasteiger partial charge in [0.25, 0.3) is 0 Å². The molecular weight excluding hydrogens is 376 g/mol. The topological polar surface area (TPSA) is 73.2 Å². The van der Waals surface area contributed by atoms with Crippen LogP contribution in [-0.2, 0) is 16.4 Å². The van der Waals surface area contributed by atoms with Gasteiger partial charge in [0.2, 0.25) is 9.84 Å². The molecule has 2 aromatic carbocycles. The number of nitrogens with zero attached hydrogens (tertiary/aromatic N) is 2. The molecule has 1 heterocycles. The van der Waals surface area contributed by atoms with Crippen LogP contribution in [0.25, 0.3) is 5.69 Å². The largest absolute Gasteiger partial charge is 0.497 e. The monoisotopic (exact) mass is 393 g/mol. The summed E-state index contributed by atoms with van der Waals surface area (Å²) in [5, 5.41) is 7.52. The summed E-state index contributed by atoms with van der Waals surface area (Å²) in [6.45, 7) is 0.393. The first-order chi connectivity index (χ1) is 12.9. The molecule has 3 rings (SSSR count). The van der Waals surface area contributed by atoms with E-state index < -0.39 is 20.5 Å². The van der Waals surface area contributed by atoms with E-state index in [1.165, 1.54) is 12.1 Å². The van der Waals surface area contributed by atoms with Crippen LogP contribution in [-0.4, -0.2) is 31.1 Å². The zero-order valence-electron chi connectivity index (χ0n) is 14.3. The standard InChI is InChI=1S/C18H17F2N3O3S/c1-26-16-6-4-15(5-7-16)23-11-10-14(22-23)12-21-13-2-8-17(9-3-13)27(24,25)18(19)20/h2-11,18,21H,12H2,1H3. The normalized spacial score (nSPS) is 11.6. The first-order valence-electron chi connectivity index (χ1n) is 7.95. The highest BCUT2D eigenvalue weighted by Crippen LogP contribution is 2.20. The minimum atomic E-state index is -4.58. The molecule has 0 unspecified atom stereocenters. The molecule has 0 aliphatic heterocycles. The van der Waals surface area contributed by atoms with E-state index in [2.05, 4.69) is 10.4 Å². The zero-order chi connectivity index (χ0) is 19.4. The lowest BCUT2D eigenvalue weighted by atomic mass is 10.3. The lowest BCUT2D eigenvalue weighted by Gasteiger charge is -2.07. The van der Waals surface area contributed by atoms with Crippen LogP contribution in [0.1, 0.15) is 5.69 Å². The van der Waals surface area contributed by atoms with E-state index in [1.54, 1.807) is 11.8 Å². The fraction of sp³-hybridized carbons (Fsp3) is 0.167. The first kappa shape index (κ1) is 18.8. The third-order valence-corrected chi connectivity index (χ3v) is 5.27. The number of rotatable bonds is 7. The number of halogens is 2. The lowest BCUT2D eigenvalue weighted by Crippen LogP contribution is -2.11. The molecule has 0 aliphatic carbocycles. The van der Waals surface area contributed by atoms with E-state index in [0.29, 0.717) is 12.2 Å². The summed E-state index contributed by atoms with van der Waals surface area (Å²) >= 11 is 0. The molecule has 1 aromatic heterocycles. The van der Waals surface area contributed by atoms with Gasteiger partial charge in [-0.2, -0.15) is 13.9 Å². The molecular formula is C18H17F2N3O3S. The quantitative estimate of drug-likeness (QED) is 0.665. The molecule has 0 spiro atoms. The number of hydrogen-bond donors (Lipinski definition) is 1. The van der Waals surface area contributed by atoms with Gasteiger partial charge in [0.1, 0.15) is 5.75 Å². The van der Waals surface area contributed by atoms with E-state index in [0.717, 1.165) is 29.3 Å². The summed E-state index contributed by atoms with van der Waals surface area (Å²) in [5.74, 6) is -2.68. The SMILES string of the molecule is COc1ccc(-n2ccc(CNc3ccc(S(=O)(=O)C(F)F)cc3)n2)cc1. The Morgan fingerprint density at radius 1 is 1.07 bits per heavy atom. The minimum absolute atomic E-state index is 0.393. The Morgan fingerprint density at radius 3 is 2.33 bits per heavy atom. The molecule has 0 fully saturated rings. The van der Waals surface area contributed by atoms with Crippen molar-refractivity contribution in [3.63, 3.8) is 0 Å². The van der Waals surface area contributed by atoms with Crippen LogP contribution < -0.4 is 10.1 Å². The number of anilines is 1. The molecule has 27 heavy (non-hydrogen) atoms. The van der Waals surface area contributed by atoms with Crippen molar-refractivity contribution in [1.82, 2.24) is 9.78 Å². The summed E-state index contributed by atoms with van der Waals surface area (Å²) in [6, 6.07) is 14.5. The summed E-state index contributed by atoms with van der Waals surface area (Å²) in [6.07, 6.45) is 1.82. The molecule has 0 saturated carbocycles. The number of benzene rings is 2. The Hall–Kier alpha value is -2.94. The highest BCUT2D eigenvalue weighted by Gasteiger charge is 2.26. The molecule has 0 amide bonds. The van der Waals surface area contributed by atoms with Crippen LogP contribution in [0.5, 0.6) is 5.75 Å². The van der Waals surface area contributed by atoms with E-state index in [-0.39, 0.29) is 0 Å². The first-order valence-corrected chi connectivity index (χ1v) is 9.50. The van der Waals surface area contributed by atoms with Gasteiger partial charge in [-0.15, -0.1) is 0 Å². The maximum absolute atomic E-state index is 12.5. The molecule has 0 saturated heterocycles. The summed E-state index contributed by atoms with van der Waals surface area (Å²) in [4.78, 5) is -0.410. The fourth-order valence-corrected chi connectivity index (χ4v) is 3.11. The van der Waals surface area contributed by atoms with Crippen molar-refractivity contribution in [3.8, 4) is 11.4 Å². The molecule has 0 bridgehead atoms.